The first-order valence-electron chi connectivity index (χ1n) is 6.68. The quantitative estimate of drug-likeness (QED) is 0.688. The van der Waals surface area contributed by atoms with E-state index in [0.717, 1.165) is 25.7 Å². The van der Waals surface area contributed by atoms with Crippen LogP contribution in [-0.4, -0.2) is 42.5 Å². The summed E-state index contributed by atoms with van der Waals surface area (Å²) < 4.78 is 5.31. The summed E-state index contributed by atoms with van der Waals surface area (Å²) in [6.07, 6.45) is 3.72. The Morgan fingerprint density at radius 3 is 2.41 bits per heavy atom. The standard InChI is InChI=1S/C13H24ClNO2/c1-3-12(4-2)15(8-7-14)13(16)11-5-9-17-10-6-11/h11-12H,3-10H2,1-2H3. The molecule has 0 aromatic carbocycles. The van der Waals surface area contributed by atoms with E-state index < -0.39 is 0 Å². The van der Waals surface area contributed by atoms with E-state index in [1.165, 1.54) is 0 Å². The van der Waals surface area contributed by atoms with Crippen molar-refractivity contribution in [3.8, 4) is 0 Å². The number of hydrogen-bond acceptors (Lipinski definition) is 2. The van der Waals surface area contributed by atoms with Crippen LogP contribution in [0.1, 0.15) is 39.5 Å². The molecule has 1 rings (SSSR count). The maximum Gasteiger partial charge on any atom is 0.226 e. The highest BCUT2D eigenvalue weighted by Crippen LogP contribution is 2.20. The molecule has 1 saturated heterocycles. The molecule has 100 valence electrons. The number of nitrogens with zero attached hydrogens (tertiary/aromatic N) is 1. The second kappa shape index (κ2) is 7.93. The zero-order chi connectivity index (χ0) is 12.7. The molecule has 0 N–H and O–H groups in total. The van der Waals surface area contributed by atoms with Gasteiger partial charge in [0, 0.05) is 37.6 Å². The molecular formula is C13H24ClNO2. The molecule has 0 aromatic rings. The molecule has 1 amide bonds. The van der Waals surface area contributed by atoms with Gasteiger partial charge in [-0.3, -0.25) is 4.79 Å². The van der Waals surface area contributed by atoms with Crippen LogP contribution in [-0.2, 0) is 9.53 Å². The Kier molecular flexibility index (Phi) is 6.90. The summed E-state index contributed by atoms with van der Waals surface area (Å²) in [6.45, 7) is 6.37. The van der Waals surface area contributed by atoms with E-state index in [-0.39, 0.29) is 11.8 Å². The Hall–Kier alpha value is -0.280. The van der Waals surface area contributed by atoms with Crippen LogP contribution in [0, 0.1) is 5.92 Å². The number of carbonyl (C=O) groups excluding carboxylic acids is 1. The van der Waals surface area contributed by atoms with Gasteiger partial charge in [-0.1, -0.05) is 13.8 Å². The Balaban J connectivity index is 2.63. The number of halogens is 1. The van der Waals surface area contributed by atoms with Crippen LogP contribution in [0.25, 0.3) is 0 Å². The second-order valence-corrected chi connectivity index (χ2v) is 4.96. The van der Waals surface area contributed by atoms with E-state index >= 15 is 0 Å². The summed E-state index contributed by atoms with van der Waals surface area (Å²) in [5.41, 5.74) is 0. The van der Waals surface area contributed by atoms with Crippen LogP contribution in [0.15, 0.2) is 0 Å². The molecule has 1 aliphatic rings. The van der Waals surface area contributed by atoms with Gasteiger partial charge in [0.25, 0.3) is 0 Å². The lowest BCUT2D eigenvalue weighted by atomic mass is 9.97. The SMILES string of the molecule is CCC(CC)N(CCCl)C(=O)C1CCOCC1. The minimum atomic E-state index is 0.146. The van der Waals surface area contributed by atoms with E-state index in [9.17, 15) is 4.79 Å². The molecule has 0 aromatic heterocycles. The summed E-state index contributed by atoms with van der Waals surface area (Å²) in [5, 5.41) is 0. The van der Waals surface area contributed by atoms with Crippen molar-refractivity contribution in [1.82, 2.24) is 4.90 Å². The van der Waals surface area contributed by atoms with Crippen LogP contribution < -0.4 is 0 Å². The lowest BCUT2D eigenvalue weighted by Gasteiger charge is -2.34. The van der Waals surface area contributed by atoms with Crippen molar-refractivity contribution in [2.45, 2.75) is 45.6 Å². The van der Waals surface area contributed by atoms with Gasteiger partial charge in [-0.2, -0.15) is 0 Å². The fourth-order valence-electron chi connectivity index (χ4n) is 2.47. The van der Waals surface area contributed by atoms with Gasteiger partial charge in [-0.05, 0) is 25.7 Å². The van der Waals surface area contributed by atoms with Gasteiger partial charge >= 0.3 is 0 Å². The summed E-state index contributed by atoms with van der Waals surface area (Å²) in [5.74, 6) is 0.945. The Morgan fingerprint density at radius 1 is 1.35 bits per heavy atom. The van der Waals surface area contributed by atoms with E-state index in [1.807, 2.05) is 4.90 Å². The number of amides is 1. The third kappa shape index (κ3) is 4.14. The Bertz CT molecular complexity index is 225. The molecule has 0 radical (unpaired) electrons. The van der Waals surface area contributed by atoms with Gasteiger partial charge in [0.05, 0.1) is 0 Å². The zero-order valence-electron chi connectivity index (χ0n) is 11.0. The first-order valence-corrected chi connectivity index (χ1v) is 7.22. The van der Waals surface area contributed by atoms with Crippen molar-refractivity contribution in [3.05, 3.63) is 0 Å². The maximum atomic E-state index is 12.5. The van der Waals surface area contributed by atoms with Crippen LogP contribution in [0.5, 0.6) is 0 Å². The minimum absolute atomic E-state index is 0.146. The van der Waals surface area contributed by atoms with Gasteiger partial charge in [-0.25, -0.2) is 0 Å². The Morgan fingerprint density at radius 2 is 1.94 bits per heavy atom. The molecular weight excluding hydrogens is 238 g/mol. The van der Waals surface area contributed by atoms with Crippen molar-refractivity contribution in [2.24, 2.45) is 5.92 Å². The topological polar surface area (TPSA) is 29.5 Å². The molecule has 17 heavy (non-hydrogen) atoms. The maximum absolute atomic E-state index is 12.5. The molecule has 0 spiro atoms. The molecule has 1 aliphatic heterocycles. The second-order valence-electron chi connectivity index (χ2n) is 4.58. The number of alkyl halides is 1. The van der Waals surface area contributed by atoms with E-state index in [1.54, 1.807) is 0 Å². The van der Waals surface area contributed by atoms with Crippen LogP contribution >= 0.6 is 11.6 Å². The predicted octanol–water partition coefficient (Wildman–Crippen LogP) is 2.67. The molecule has 0 aliphatic carbocycles. The van der Waals surface area contributed by atoms with Crippen LogP contribution in [0.3, 0.4) is 0 Å². The average molecular weight is 262 g/mol. The van der Waals surface area contributed by atoms with Crippen LogP contribution in [0.2, 0.25) is 0 Å². The smallest absolute Gasteiger partial charge is 0.226 e. The molecule has 0 atom stereocenters. The summed E-state index contributed by atoms with van der Waals surface area (Å²) in [6, 6.07) is 0.337. The molecule has 0 unspecified atom stereocenters. The summed E-state index contributed by atoms with van der Waals surface area (Å²) >= 11 is 5.82. The van der Waals surface area contributed by atoms with Crippen molar-refractivity contribution < 1.29 is 9.53 Å². The third-order valence-corrected chi connectivity index (χ3v) is 3.73. The lowest BCUT2D eigenvalue weighted by molar-refractivity contribution is -0.140. The fraction of sp³-hybridized carbons (Fsp3) is 0.923. The molecule has 3 nitrogen and oxygen atoms in total. The highest BCUT2D eigenvalue weighted by molar-refractivity contribution is 6.18. The molecule has 1 fully saturated rings. The van der Waals surface area contributed by atoms with E-state index in [4.69, 9.17) is 16.3 Å². The number of carbonyl (C=O) groups is 1. The first-order chi connectivity index (χ1) is 8.24. The van der Waals surface area contributed by atoms with Crippen molar-refractivity contribution >= 4 is 17.5 Å². The number of rotatable bonds is 6. The predicted molar refractivity (Wildman–Crippen MR) is 70.3 cm³/mol. The number of hydrogen-bond donors (Lipinski definition) is 0. The largest absolute Gasteiger partial charge is 0.381 e. The minimum Gasteiger partial charge on any atom is -0.381 e. The van der Waals surface area contributed by atoms with Crippen molar-refractivity contribution in [2.75, 3.05) is 25.6 Å². The highest BCUT2D eigenvalue weighted by Gasteiger charge is 2.29. The first kappa shape index (κ1) is 14.8. The van der Waals surface area contributed by atoms with E-state index in [2.05, 4.69) is 13.8 Å². The fourth-order valence-corrected chi connectivity index (χ4v) is 2.65. The molecule has 4 heteroatoms. The highest BCUT2D eigenvalue weighted by atomic mass is 35.5. The number of ether oxygens (including phenoxy) is 1. The molecule has 0 bridgehead atoms. The van der Waals surface area contributed by atoms with Crippen molar-refractivity contribution in [3.63, 3.8) is 0 Å². The average Bonchev–Trinajstić information content (AvgIpc) is 2.39. The van der Waals surface area contributed by atoms with Gasteiger partial charge in [-0.15, -0.1) is 11.6 Å². The lowest BCUT2D eigenvalue weighted by Crippen LogP contribution is -2.45. The Labute approximate surface area is 109 Å². The summed E-state index contributed by atoms with van der Waals surface area (Å²) in [7, 11) is 0. The third-order valence-electron chi connectivity index (χ3n) is 3.56. The zero-order valence-corrected chi connectivity index (χ0v) is 11.7. The van der Waals surface area contributed by atoms with E-state index in [0.29, 0.717) is 31.7 Å². The van der Waals surface area contributed by atoms with Crippen molar-refractivity contribution in [1.29, 1.82) is 0 Å². The van der Waals surface area contributed by atoms with Gasteiger partial charge in [0.1, 0.15) is 0 Å². The monoisotopic (exact) mass is 261 g/mol. The summed E-state index contributed by atoms with van der Waals surface area (Å²) in [4.78, 5) is 14.4. The molecule has 0 saturated carbocycles. The van der Waals surface area contributed by atoms with Gasteiger partial charge in [0.2, 0.25) is 5.91 Å². The van der Waals surface area contributed by atoms with Gasteiger partial charge in [0.15, 0.2) is 0 Å². The molecule has 1 heterocycles. The van der Waals surface area contributed by atoms with Crippen LogP contribution in [0.4, 0.5) is 0 Å². The normalized spacial score (nSPS) is 17.4. The van der Waals surface area contributed by atoms with Gasteiger partial charge < -0.3 is 9.64 Å².